The van der Waals surface area contributed by atoms with Crippen molar-refractivity contribution in [3.63, 3.8) is 0 Å². The van der Waals surface area contributed by atoms with E-state index in [2.05, 4.69) is 5.29 Å². The Morgan fingerprint density at radius 1 is 1.25 bits per heavy atom. The van der Waals surface area contributed by atoms with E-state index in [4.69, 9.17) is 4.74 Å². The molecule has 0 saturated heterocycles. The van der Waals surface area contributed by atoms with E-state index in [1.165, 1.54) is 12.0 Å². The van der Waals surface area contributed by atoms with Crippen molar-refractivity contribution in [2.24, 2.45) is 5.29 Å². The maximum atomic E-state index is 11.6. The van der Waals surface area contributed by atoms with Gasteiger partial charge in [0.2, 0.25) is 0 Å². The molecule has 0 aliphatic carbocycles. The molecule has 0 atom stereocenters. The molecule has 0 N–H and O–H groups in total. The maximum Gasteiger partial charge on any atom is 0.347 e. The summed E-state index contributed by atoms with van der Waals surface area (Å²) in [6.07, 6.45) is 0. The number of carbonyl (C=O) groups is 1. The van der Waals surface area contributed by atoms with Crippen LogP contribution in [-0.4, -0.2) is 32.1 Å². The Bertz CT molecular complexity index is 375. The number of urea groups is 1. The van der Waals surface area contributed by atoms with Gasteiger partial charge in [-0.2, -0.15) is 0 Å². The van der Waals surface area contributed by atoms with Gasteiger partial charge in [-0.1, -0.05) is 0 Å². The summed E-state index contributed by atoms with van der Waals surface area (Å²) in [6.45, 7) is 0. The van der Waals surface area contributed by atoms with Gasteiger partial charge in [-0.25, -0.2) is 4.79 Å². The third kappa shape index (κ3) is 2.47. The molecule has 0 aliphatic heterocycles. The predicted molar refractivity (Wildman–Crippen MR) is 60.4 cm³/mol. The highest BCUT2D eigenvalue weighted by Gasteiger charge is 2.18. The van der Waals surface area contributed by atoms with Crippen LogP contribution < -0.4 is 9.75 Å². The lowest BCUT2D eigenvalue weighted by Crippen LogP contribution is -2.35. The first kappa shape index (κ1) is 12.0. The molecule has 1 rings (SSSR count). The first-order chi connectivity index (χ1) is 7.60. The quantitative estimate of drug-likeness (QED) is 0.580. The summed E-state index contributed by atoms with van der Waals surface area (Å²) >= 11 is 0. The molecule has 2 amide bonds. The van der Waals surface area contributed by atoms with Gasteiger partial charge in [0.05, 0.1) is 18.1 Å². The van der Waals surface area contributed by atoms with Crippen molar-refractivity contribution in [2.75, 3.05) is 26.2 Å². The van der Waals surface area contributed by atoms with Crippen molar-refractivity contribution in [1.29, 1.82) is 0 Å². The van der Waals surface area contributed by atoms with Crippen LogP contribution in [0.2, 0.25) is 0 Å². The van der Waals surface area contributed by atoms with Crippen LogP contribution in [0.25, 0.3) is 0 Å². The molecule has 1 aromatic rings. The van der Waals surface area contributed by atoms with Gasteiger partial charge in [0.25, 0.3) is 0 Å². The Labute approximate surface area is 93.4 Å². The number of ether oxygens (including phenoxy) is 1. The van der Waals surface area contributed by atoms with Gasteiger partial charge < -0.3 is 9.64 Å². The molecule has 1 aromatic carbocycles. The lowest BCUT2D eigenvalue weighted by molar-refractivity contribution is 0.224. The number of hydrogen-bond acceptors (Lipinski definition) is 4. The second kappa shape index (κ2) is 5.11. The van der Waals surface area contributed by atoms with Gasteiger partial charge in [-0.3, -0.25) is 0 Å². The highest BCUT2D eigenvalue weighted by atomic mass is 16.5. The summed E-state index contributed by atoms with van der Waals surface area (Å²) in [5, 5.41) is 3.46. The third-order valence-electron chi connectivity index (χ3n) is 1.96. The maximum absolute atomic E-state index is 11.6. The highest BCUT2D eigenvalue weighted by Crippen LogP contribution is 2.20. The van der Waals surface area contributed by atoms with Gasteiger partial charge in [-0.05, 0) is 24.3 Å². The Balaban J connectivity index is 2.95. The SMILES string of the molecule is COc1ccc(N(N=O)C(=O)N(C)C)cc1. The van der Waals surface area contributed by atoms with Gasteiger partial charge in [0.1, 0.15) is 5.75 Å². The van der Waals surface area contributed by atoms with Crippen LogP contribution in [0.15, 0.2) is 29.6 Å². The lowest BCUT2D eigenvalue weighted by Gasteiger charge is -2.18. The molecule has 0 bridgehead atoms. The van der Waals surface area contributed by atoms with E-state index < -0.39 is 6.03 Å². The van der Waals surface area contributed by atoms with Gasteiger partial charge in [0.15, 0.2) is 0 Å². The normalized spacial score (nSPS) is 9.44. The molecule has 6 heteroatoms. The largest absolute Gasteiger partial charge is 0.497 e. The summed E-state index contributed by atoms with van der Waals surface area (Å²) < 4.78 is 4.97. The van der Waals surface area contributed by atoms with E-state index in [-0.39, 0.29) is 0 Å². The van der Waals surface area contributed by atoms with Crippen molar-refractivity contribution >= 4 is 11.7 Å². The van der Waals surface area contributed by atoms with Crippen molar-refractivity contribution in [2.45, 2.75) is 0 Å². The lowest BCUT2D eigenvalue weighted by atomic mass is 10.3. The molecule has 0 aromatic heterocycles. The second-order valence-electron chi connectivity index (χ2n) is 3.27. The van der Waals surface area contributed by atoms with Crippen LogP contribution in [0.1, 0.15) is 0 Å². The van der Waals surface area contributed by atoms with Crippen molar-refractivity contribution in [1.82, 2.24) is 4.90 Å². The zero-order valence-electron chi connectivity index (χ0n) is 9.38. The fourth-order valence-electron chi connectivity index (χ4n) is 1.11. The van der Waals surface area contributed by atoms with Crippen LogP contribution in [0, 0.1) is 4.91 Å². The minimum Gasteiger partial charge on any atom is -0.497 e. The Hall–Kier alpha value is -2.11. The fraction of sp³-hybridized carbons (Fsp3) is 0.300. The number of nitrogens with zero attached hydrogens (tertiary/aromatic N) is 3. The van der Waals surface area contributed by atoms with E-state index in [1.54, 1.807) is 38.4 Å². The van der Waals surface area contributed by atoms with Crippen LogP contribution in [0.4, 0.5) is 10.5 Å². The summed E-state index contributed by atoms with van der Waals surface area (Å²) in [5.41, 5.74) is 0.398. The summed E-state index contributed by atoms with van der Waals surface area (Å²) in [6, 6.07) is 5.97. The molecule has 0 heterocycles. The van der Waals surface area contributed by atoms with E-state index >= 15 is 0 Å². The zero-order valence-corrected chi connectivity index (χ0v) is 9.38. The number of methoxy groups -OCH3 is 1. The minimum absolute atomic E-state index is 0.398. The topological polar surface area (TPSA) is 62.2 Å². The Morgan fingerprint density at radius 2 is 1.81 bits per heavy atom. The van der Waals surface area contributed by atoms with Crippen LogP contribution >= 0.6 is 0 Å². The van der Waals surface area contributed by atoms with Crippen LogP contribution in [0.3, 0.4) is 0 Å². The molecule has 0 fully saturated rings. The average Bonchev–Trinajstić information content (AvgIpc) is 2.30. The molecular weight excluding hydrogens is 210 g/mol. The second-order valence-corrected chi connectivity index (χ2v) is 3.27. The Kier molecular flexibility index (Phi) is 3.82. The highest BCUT2D eigenvalue weighted by molar-refractivity contribution is 5.90. The molecule has 0 spiro atoms. The first-order valence-electron chi connectivity index (χ1n) is 4.59. The van der Waals surface area contributed by atoms with E-state index in [9.17, 15) is 9.70 Å². The molecular formula is C10H13N3O3. The van der Waals surface area contributed by atoms with Gasteiger partial charge >= 0.3 is 6.03 Å². The zero-order chi connectivity index (χ0) is 12.1. The molecule has 6 nitrogen and oxygen atoms in total. The Morgan fingerprint density at radius 3 is 2.19 bits per heavy atom. The summed E-state index contributed by atoms with van der Waals surface area (Å²) in [5.74, 6) is 0.645. The number of hydrogen-bond donors (Lipinski definition) is 0. The minimum atomic E-state index is -0.500. The monoisotopic (exact) mass is 223 g/mol. The third-order valence-corrected chi connectivity index (χ3v) is 1.96. The van der Waals surface area contributed by atoms with E-state index in [0.29, 0.717) is 11.4 Å². The summed E-state index contributed by atoms with van der Waals surface area (Å²) in [4.78, 5) is 23.4. The fourth-order valence-corrected chi connectivity index (χ4v) is 1.11. The molecule has 16 heavy (non-hydrogen) atoms. The van der Waals surface area contributed by atoms with Gasteiger partial charge in [-0.15, -0.1) is 9.92 Å². The van der Waals surface area contributed by atoms with Crippen molar-refractivity contribution in [3.8, 4) is 5.75 Å². The summed E-state index contributed by atoms with van der Waals surface area (Å²) in [7, 11) is 4.63. The number of carbonyl (C=O) groups excluding carboxylic acids is 1. The van der Waals surface area contributed by atoms with E-state index in [0.717, 1.165) is 5.01 Å². The standard InChI is InChI=1S/C10H13N3O3/c1-12(2)10(14)13(11-15)8-4-6-9(16-3)7-5-8/h4-7H,1-3H3. The smallest absolute Gasteiger partial charge is 0.347 e. The molecule has 0 unspecified atom stereocenters. The predicted octanol–water partition coefficient (Wildman–Crippen LogP) is 1.86. The first-order valence-corrected chi connectivity index (χ1v) is 4.59. The number of nitroso groups, excluding NO2 is 1. The van der Waals surface area contributed by atoms with Gasteiger partial charge in [0, 0.05) is 14.1 Å². The molecule has 0 radical (unpaired) electrons. The van der Waals surface area contributed by atoms with Crippen LogP contribution in [0.5, 0.6) is 5.75 Å². The number of anilines is 1. The molecule has 0 saturated carbocycles. The number of benzene rings is 1. The van der Waals surface area contributed by atoms with Crippen molar-refractivity contribution < 1.29 is 9.53 Å². The van der Waals surface area contributed by atoms with Crippen LogP contribution in [-0.2, 0) is 0 Å². The van der Waals surface area contributed by atoms with Crippen molar-refractivity contribution in [3.05, 3.63) is 29.2 Å². The molecule has 86 valence electrons. The number of rotatable bonds is 3. The number of amides is 2. The van der Waals surface area contributed by atoms with E-state index in [1.807, 2.05) is 0 Å². The average molecular weight is 223 g/mol. The molecule has 0 aliphatic rings.